The highest BCUT2D eigenvalue weighted by Crippen LogP contribution is 2.33. The molecule has 6 nitrogen and oxygen atoms in total. The van der Waals surface area contributed by atoms with Crippen LogP contribution in [0.3, 0.4) is 0 Å². The number of ether oxygens (including phenoxy) is 4. The molecule has 6 heteroatoms. The molecule has 0 spiro atoms. The molecule has 0 aliphatic carbocycles. The zero-order valence-electron chi connectivity index (χ0n) is 16.3. The van der Waals surface area contributed by atoms with Crippen molar-refractivity contribution in [1.29, 1.82) is 0 Å². The molecule has 0 bridgehead atoms. The van der Waals surface area contributed by atoms with E-state index in [4.69, 9.17) is 18.9 Å². The largest absolute Gasteiger partial charge is 0.465 e. The van der Waals surface area contributed by atoms with Gasteiger partial charge in [-0.05, 0) is 51.5 Å². The van der Waals surface area contributed by atoms with E-state index < -0.39 is 17.4 Å². The Hall–Kier alpha value is -1.92. The standard InChI is InChI=1S/C21H30O6/c1-3-24-19(22)21(20(23)25-4-2,17-11-6-5-7-12-17)14-10-16-27-18-13-8-9-15-26-18/h5-7,11-12,18H,3-4,8-10,13-16H2,1-2H3. The molecule has 1 atom stereocenters. The quantitative estimate of drug-likeness (QED) is 0.353. The van der Waals surface area contributed by atoms with Gasteiger partial charge in [0.1, 0.15) is 0 Å². The van der Waals surface area contributed by atoms with Crippen LogP contribution in [-0.2, 0) is 34.0 Å². The van der Waals surface area contributed by atoms with Crippen molar-refractivity contribution in [1.82, 2.24) is 0 Å². The summed E-state index contributed by atoms with van der Waals surface area (Å²) < 4.78 is 21.9. The van der Waals surface area contributed by atoms with Crippen LogP contribution in [0.15, 0.2) is 30.3 Å². The molecule has 0 saturated carbocycles. The minimum atomic E-state index is -1.48. The van der Waals surface area contributed by atoms with Crippen molar-refractivity contribution in [2.75, 3.05) is 26.4 Å². The number of hydrogen-bond donors (Lipinski definition) is 0. The van der Waals surface area contributed by atoms with Crippen LogP contribution in [0.1, 0.15) is 51.5 Å². The molecule has 2 rings (SSSR count). The maximum atomic E-state index is 12.9. The van der Waals surface area contributed by atoms with Gasteiger partial charge in [0, 0.05) is 13.2 Å². The maximum absolute atomic E-state index is 12.9. The van der Waals surface area contributed by atoms with Crippen LogP contribution in [0.2, 0.25) is 0 Å². The third kappa shape index (κ3) is 5.53. The molecule has 0 amide bonds. The van der Waals surface area contributed by atoms with Gasteiger partial charge in [-0.1, -0.05) is 30.3 Å². The molecule has 0 N–H and O–H groups in total. The fourth-order valence-corrected chi connectivity index (χ4v) is 3.29. The molecule has 1 aromatic carbocycles. The van der Waals surface area contributed by atoms with Crippen LogP contribution < -0.4 is 0 Å². The van der Waals surface area contributed by atoms with Crippen molar-refractivity contribution in [2.45, 2.75) is 57.7 Å². The summed E-state index contributed by atoms with van der Waals surface area (Å²) in [6, 6.07) is 8.97. The lowest BCUT2D eigenvalue weighted by Gasteiger charge is -2.30. The Kier molecular flexibility index (Phi) is 8.75. The van der Waals surface area contributed by atoms with E-state index >= 15 is 0 Å². The van der Waals surface area contributed by atoms with E-state index in [9.17, 15) is 9.59 Å². The van der Waals surface area contributed by atoms with E-state index in [1.807, 2.05) is 6.07 Å². The monoisotopic (exact) mass is 378 g/mol. The Bertz CT molecular complexity index is 562. The van der Waals surface area contributed by atoms with Gasteiger partial charge in [-0.15, -0.1) is 0 Å². The predicted octanol–water partition coefficient (Wildman–Crippen LogP) is 3.37. The first-order valence-electron chi connectivity index (χ1n) is 9.78. The highest BCUT2D eigenvalue weighted by molar-refractivity contribution is 6.06. The summed E-state index contributed by atoms with van der Waals surface area (Å²) in [5.74, 6) is -1.16. The summed E-state index contributed by atoms with van der Waals surface area (Å²) in [6.45, 7) is 4.95. The number of rotatable bonds is 10. The minimum absolute atomic E-state index is 0.194. The summed E-state index contributed by atoms with van der Waals surface area (Å²) in [6.07, 6.45) is 3.58. The second kappa shape index (κ2) is 11.0. The second-order valence-corrected chi connectivity index (χ2v) is 6.48. The average Bonchev–Trinajstić information content (AvgIpc) is 2.70. The molecule has 150 valence electrons. The topological polar surface area (TPSA) is 71.1 Å². The minimum Gasteiger partial charge on any atom is -0.465 e. The van der Waals surface area contributed by atoms with Crippen molar-refractivity contribution in [3.63, 3.8) is 0 Å². The predicted molar refractivity (Wildman–Crippen MR) is 100 cm³/mol. The van der Waals surface area contributed by atoms with Crippen LogP contribution in [0, 0.1) is 0 Å². The van der Waals surface area contributed by atoms with Crippen molar-refractivity contribution in [2.24, 2.45) is 0 Å². The van der Waals surface area contributed by atoms with E-state index in [0.29, 0.717) is 25.2 Å². The molecular weight excluding hydrogens is 348 g/mol. The van der Waals surface area contributed by atoms with Gasteiger partial charge in [0.25, 0.3) is 0 Å². The number of carbonyl (C=O) groups excluding carboxylic acids is 2. The lowest BCUT2D eigenvalue weighted by molar-refractivity contribution is -0.169. The molecule has 1 saturated heterocycles. The number of benzene rings is 1. The first kappa shape index (κ1) is 21.4. The Balaban J connectivity index is 2.15. The van der Waals surface area contributed by atoms with Crippen LogP contribution >= 0.6 is 0 Å². The molecule has 1 heterocycles. The Morgan fingerprint density at radius 1 is 1.07 bits per heavy atom. The molecule has 1 fully saturated rings. The summed E-state index contributed by atoms with van der Waals surface area (Å²) in [7, 11) is 0. The zero-order valence-corrected chi connectivity index (χ0v) is 16.3. The first-order valence-corrected chi connectivity index (χ1v) is 9.78. The molecule has 1 aliphatic heterocycles. The maximum Gasteiger partial charge on any atom is 0.328 e. The fraction of sp³-hybridized carbons (Fsp3) is 0.619. The smallest absolute Gasteiger partial charge is 0.328 e. The molecule has 1 aliphatic rings. The fourth-order valence-electron chi connectivity index (χ4n) is 3.29. The van der Waals surface area contributed by atoms with E-state index in [-0.39, 0.29) is 25.9 Å². The molecular formula is C21H30O6. The highest BCUT2D eigenvalue weighted by atomic mass is 16.7. The van der Waals surface area contributed by atoms with Gasteiger partial charge in [-0.3, -0.25) is 9.59 Å². The molecule has 1 aromatic rings. The molecule has 0 aromatic heterocycles. The van der Waals surface area contributed by atoms with E-state index in [0.717, 1.165) is 19.3 Å². The average molecular weight is 378 g/mol. The van der Waals surface area contributed by atoms with Crippen molar-refractivity contribution >= 4 is 11.9 Å². The van der Waals surface area contributed by atoms with E-state index in [2.05, 4.69) is 0 Å². The third-order valence-electron chi connectivity index (χ3n) is 4.65. The van der Waals surface area contributed by atoms with Crippen LogP contribution in [0.25, 0.3) is 0 Å². The van der Waals surface area contributed by atoms with Crippen LogP contribution in [-0.4, -0.2) is 44.7 Å². The first-order chi connectivity index (χ1) is 13.1. The lowest BCUT2D eigenvalue weighted by atomic mass is 9.76. The summed E-state index contributed by atoms with van der Waals surface area (Å²) in [5, 5.41) is 0. The van der Waals surface area contributed by atoms with Gasteiger partial charge in [0.2, 0.25) is 0 Å². The van der Waals surface area contributed by atoms with Crippen molar-refractivity contribution in [3.8, 4) is 0 Å². The van der Waals surface area contributed by atoms with Gasteiger partial charge in [-0.25, -0.2) is 0 Å². The van der Waals surface area contributed by atoms with Crippen LogP contribution in [0.4, 0.5) is 0 Å². The highest BCUT2D eigenvalue weighted by Gasteiger charge is 2.50. The van der Waals surface area contributed by atoms with Gasteiger partial charge in [0.15, 0.2) is 11.7 Å². The molecule has 0 radical (unpaired) electrons. The second-order valence-electron chi connectivity index (χ2n) is 6.48. The number of hydrogen-bond acceptors (Lipinski definition) is 6. The lowest BCUT2D eigenvalue weighted by Crippen LogP contribution is -2.46. The number of carbonyl (C=O) groups is 2. The van der Waals surface area contributed by atoms with Gasteiger partial charge in [0.05, 0.1) is 13.2 Å². The summed E-state index contributed by atoms with van der Waals surface area (Å²) in [5.41, 5.74) is -0.903. The third-order valence-corrected chi connectivity index (χ3v) is 4.65. The van der Waals surface area contributed by atoms with Crippen LogP contribution in [0.5, 0.6) is 0 Å². The van der Waals surface area contributed by atoms with E-state index in [1.165, 1.54) is 0 Å². The number of esters is 2. The Morgan fingerprint density at radius 2 is 1.74 bits per heavy atom. The molecule has 27 heavy (non-hydrogen) atoms. The Morgan fingerprint density at radius 3 is 2.30 bits per heavy atom. The van der Waals surface area contributed by atoms with Gasteiger partial charge < -0.3 is 18.9 Å². The zero-order chi connectivity index (χ0) is 19.5. The summed E-state index contributed by atoms with van der Waals surface area (Å²) >= 11 is 0. The molecule has 1 unspecified atom stereocenters. The van der Waals surface area contributed by atoms with Gasteiger partial charge in [-0.2, -0.15) is 0 Å². The normalized spacial score (nSPS) is 17.3. The SMILES string of the molecule is CCOC(=O)C(CCCOC1CCCCO1)(C(=O)OCC)c1ccccc1. The summed E-state index contributed by atoms with van der Waals surface area (Å²) in [4.78, 5) is 25.8. The van der Waals surface area contributed by atoms with Gasteiger partial charge >= 0.3 is 11.9 Å². The Labute approximate surface area is 161 Å². The van der Waals surface area contributed by atoms with E-state index in [1.54, 1.807) is 38.1 Å². The van der Waals surface area contributed by atoms with Crippen molar-refractivity contribution < 1.29 is 28.5 Å². The van der Waals surface area contributed by atoms with Crippen molar-refractivity contribution in [3.05, 3.63) is 35.9 Å².